The van der Waals surface area contributed by atoms with E-state index in [0.29, 0.717) is 32.8 Å². The summed E-state index contributed by atoms with van der Waals surface area (Å²) in [6.45, 7) is 5.29. The fraction of sp³-hybridized carbons (Fsp3) is 0.438. The van der Waals surface area contributed by atoms with Gasteiger partial charge in [-0.2, -0.15) is 0 Å². The molecule has 1 aliphatic rings. The Morgan fingerprint density at radius 2 is 2.19 bits per heavy atom. The molecule has 5 heteroatoms. The van der Waals surface area contributed by atoms with Crippen molar-refractivity contribution in [3.8, 4) is 0 Å². The molecule has 112 valence electrons. The highest BCUT2D eigenvalue weighted by atomic mass is 16.5. The molecule has 1 aromatic carbocycles. The summed E-state index contributed by atoms with van der Waals surface area (Å²) < 4.78 is 5.27. The lowest BCUT2D eigenvalue weighted by Gasteiger charge is -2.29. The van der Waals surface area contributed by atoms with Crippen molar-refractivity contribution in [1.29, 1.82) is 0 Å². The van der Waals surface area contributed by atoms with Crippen molar-refractivity contribution in [3.05, 3.63) is 36.0 Å². The Hall–Kier alpha value is -1.85. The predicted molar refractivity (Wildman–Crippen MR) is 82.0 cm³/mol. The van der Waals surface area contributed by atoms with E-state index >= 15 is 0 Å². The lowest BCUT2D eigenvalue weighted by Crippen LogP contribution is -2.49. The van der Waals surface area contributed by atoms with Gasteiger partial charge in [-0.05, 0) is 36.1 Å². The van der Waals surface area contributed by atoms with Crippen LogP contribution in [0.15, 0.2) is 30.5 Å². The van der Waals surface area contributed by atoms with Crippen LogP contribution in [0, 0.1) is 0 Å². The number of nitrogens with one attached hydrogen (secondary N) is 2. The molecule has 2 aromatic rings. The molecule has 21 heavy (non-hydrogen) atoms. The largest absolute Gasteiger partial charge is 0.378 e. The Balaban J connectivity index is 1.56. The van der Waals surface area contributed by atoms with Gasteiger partial charge in [-0.3, -0.25) is 4.79 Å². The van der Waals surface area contributed by atoms with Gasteiger partial charge in [0, 0.05) is 31.3 Å². The number of rotatable bonds is 4. The fourth-order valence-electron chi connectivity index (χ4n) is 2.63. The van der Waals surface area contributed by atoms with Crippen molar-refractivity contribution in [2.24, 2.45) is 0 Å². The second-order valence-corrected chi connectivity index (χ2v) is 5.44. The first-order valence-electron chi connectivity index (χ1n) is 7.40. The average molecular weight is 287 g/mol. The minimum absolute atomic E-state index is 0.154. The number of hydrogen-bond acceptors (Lipinski definition) is 3. The highest BCUT2D eigenvalue weighted by Crippen LogP contribution is 2.14. The van der Waals surface area contributed by atoms with E-state index in [1.54, 1.807) is 0 Å². The van der Waals surface area contributed by atoms with Crippen LogP contribution in [0.5, 0.6) is 0 Å². The maximum atomic E-state index is 12.3. The molecule has 1 fully saturated rings. The molecule has 1 unspecified atom stereocenters. The van der Waals surface area contributed by atoms with Crippen LogP contribution in [0.1, 0.15) is 12.5 Å². The molecule has 0 spiro atoms. The van der Waals surface area contributed by atoms with Crippen LogP contribution in [0.4, 0.5) is 0 Å². The van der Waals surface area contributed by atoms with Gasteiger partial charge in [-0.1, -0.05) is 6.07 Å². The molecule has 1 aromatic heterocycles. The van der Waals surface area contributed by atoms with Gasteiger partial charge in [-0.15, -0.1) is 0 Å². The number of morpholine rings is 1. The van der Waals surface area contributed by atoms with Gasteiger partial charge in [0.1, 0.15) is 0 Å². The standard InChI is InChI=1S/C16H21N3O2/c1-12(16(20)19-6-8-21-9-7-19)18-11-13-2-3-15-14(10-13)4-5-17-15/h2-5,10,12,17-18H,6-9,11H2,1H3. The SMILES string of the molecule is CC(NCc1ccc2[nH]ccc2c1)C(=O)N1CCOCC1. The lowest BCUT2D eigenvalue weighted by molar-refractivity contribution is -0.137. The Kier molecular flexibility index (Phi) is 4.22. The highest BCUT2D eigenvalue weighted by Gasteiger charge is 2.21. The summed E-state index contributed by atoms with van der Waals surface area (Å²) in [5.74, 6) is 0.154. The zero-order valence-electron chi connectivity index (χ0n) is 12.3. The Morgan fingerprint density at radius 1 is 1.38 bits per heavy atom. The van der Waals surface area contributed by atoms with E-state index in [0.717, 1.165) is 5.52 Å². The van der Waals surface area contributed by atoms with Gasteiger partial charge < -0.3 is 19.9 Å². The van der Waals surface area contributed by atoms with Crippen LogP contribution >= 0.6 is 0 Å². The zero-order valence-corrected chi connectivity index (χ0v) is 12.3. The number of amides is 1. The molecule has 0 radical (unpaired) electrons. The topological polar surface area (TPSA) is 57.4 Å². The number of aromatic nitrogens is 1. The number of fused-ring (bicyclic) bond motifs is 1. The first-order chi connectivity index (χ1) is 10.2. The van der Waals surface area contributed by atoms with Crippen LogP contribution in [-0.2, 0) is 16.1 Å². The molecule has 2 N–H and O–H groups in total. The molecule has 1 atom stereocenters. The maximum Gasteiger partial charge on any atom is 0.239 e. The minimum Gasteiger partial charge on any atom is -0.378 e. The van der Waals surface area contributed by atoms with Gasteiger partial charge in [0.15, 0.2) is 0 Å². The van der Waals surface area contributed by atoms with Gasteiger partial charge in [0.2, 0.25) is 5.91 Å². The molecule has 5 nitrogen and oxygen atoms in total. The number of aromatic amines is 1. The molecule has 3 rings (SSSR count). The molecule has 1 amide bonds. The molecular formula is C16H21N3O2. The van der Waals surface area contributed by atoms with E-state index in [-0.39, 0.29) is 11.9 Å². The van der Waals surface area contributed by atoms with Gasteiger partial charge in [-0.25, -0.2) is 0 Å². The third kappa shape index (κ3) is 3.25. The Bertz CT molecular complexity index is 617. The van der Waals surface area contributed by atoms with Gasteiger partial charge >= 0.3 is 0 Å². The third-order valence-electron chi connectivity index (χ3n) is 3.92. The number of benzene rings is 1. The number of carbonyl (C=O) groups excluding carboxylic acids is 1. The van der Waals surface area contributed by atoms with Crippen LogP contribution in [-0.4, -0.2) is 48.1 Å². The lowest BCUT2D eigenvalue weighted by atomic mass is 10.1. The average Bonchev–Trinajstić information content (AvgIpc) is 3.00. The number of ether oxygens (including phenoxy) is 1. The van der Waals surface area contributed by atoms with Crippen molar-refractivity contribution in [1.82, 2.24) is 15.2 Å². The van der Waals surface area contributed by atoms with Crippen molar-refractivity contribution in [3.63, 3.8) is 0 Å². The second-order valence-electron chi connectivity index (χ2n) is 5.44. The maximum absolute atomic E-state index is 12.3. The smallest absolute Gasteiger partial charge is 0.239 e. The summed E-state index contributed by atoms with van der Waals surface area (Å²) in [4.78, 5) is 17.3. The van der Waals surface area contributed by atoms with Gasteiger partial charge in [0.25, 0.3) is 0 Å². The van der Waals surface area contributed by atoms with Gasteiger partial charge in [0.05, 0.1) is 19.3 Å². The molecule has 1 aliphatic heterocycles. The van der Waals surface area contributed by atoms with Crippen LogP contribution < -0.4 is 5.32 Å². The quantitative estimate of drug-likeness (QED) is 0.896. The molecule has 1 saturated heterocycles. The van der Waals surface area contributed by atoms with E-state index < -0.39 is 0 Å². The number of hydrogen-bond donors (Lipinski definition) is 2. The number of H-pyrrole nitrogens is 1. The molecular weight excluding hydrogens is 266 g/mol. The summed E-state index contributed by atoms with van der Waals surface area (Å²) in [5, 5.41) is 4.51. The normalized spacial score (nSPS) is 17.1. The number of nitrogens with zero attached hydrogens (tertiary/aromatic N) is 1. The molecule has 2 heterocycles. The van der Waals surface area contributed by atoms with Crippen LogP contribution in [0.3, 0.4) is 0 Å². The van der Waals surface area contributed by atoms with Crippen molar-refractivity contribution >= 4 is 16.8 Å². The summed E-state index contributed by atoms with van der Waals surface area (Å²) in [7, 11) is 0. The van der Waals surface area contributed by atoms with Crippen molar-refractivity contribution in [2.75, 3.05) is 26.3 Å². The second kappa shape index (κ2) is 6.28. The highest BCUT2D eigenvalue weighted by molar-refractivity contribution is 5.82. The molecule has 0 bridgehead atoms. The third-order valence-corrected chi connectivity index (χ3v) is 3.92. The van der Waals surface area contributed by atoms with Crippen molar-refractivity contribution < 1.29 is 9.53 Å². The predicted octanol–water partition coefficient (Wildman–Crippen LogP) is 1.50. The summed E-state index contributed by atoms with van der Waals surface area (Å²) >= 11 is 0. The van der Waals surface area contributed by atoms with E-state index in [9.17, 15) is 4.79 Å². The van der Waals surface area contributed by atoms with E-state index in [1.807, 2.05) is 18.0 Å². The molecule has 0 saturated carbocycles. The minimum atomic E-state index is -0.176. The molecule has 0 aliphatic carbocycles. The van der Waals surface area contributed by atoms with Crippen LogP contribution in [0.2, 0.25) is 0 Å². The first-order valence-corrected chi connectivity index (χ1v) is 7.40. The zero-order chi connectivity index (χ0) is 14.7. The Morgan fingerprint density at radius 3 is 3.00 bits per heavy atom. The van der Waals surface area contributed by atoms with E-state index in [2.05, 4.69) is 34.6 Å². The monoisotopic (exact) mass is 287 g/mol. The van der Waals surface area contributed by atoms with Crippen LogP contribution in [0.25, 0.3) is 10.9 Å². The number of carbonyl (C=O) groups is 1. The Labute approximate surface area is 124 Å². The summed E-state index contributed by atoms with van der Waals surface area (Å²) in [6.07, 6.45) is 1.94. The van der Waals surface area contributed by atoms with E-state index in [4.69, 9.17) is 4.74 Å². The first kappa shape index (κ1) is 14.1. The fourth-order valence-corrected chi connectivity index (χ4v) is 2.63. The summed E-state index contributed by atoms with van der Waals surface area (Å²) in [5.41, 5.74) is 2.32. The summed E-state index contributed by atoms with van der Waals surface area (Å²) in [6, 6.07) is 8.18. The van der Waals surface area contributed by atoms with E-state index in [1.165, 1.54) is 10.9 Å². The van der Waals surface area contributed by atoms with Crippen molar-refractivity contribution in [2.45, 2.75) is 19.5 Å².